The van der Waals surface area contributed by atoms with E-state index in [1.165, 1.54) is 0 Å². The molecule has 144 valence electrons. The zero-order chi connectivity index (χ0) is 19.6. The number of amides is 2. The van der Waals surface area contributed by atoms with Crippen LogP contribution in [0.25, 0.3) is 0 Å². The lowest BCUT2D eigenvalue weighted by Crippen LogP contribution is -2.30. The lowest BCUT2D eigenvalue weighted by Gasteiger charge is -2.13. The topological polar surface area (TPSA) is 67.4 Å². The van der Waals surface area contributed by atoms with Crippen LogP contribution in [0.2, 0.25) is 0 Å². The molecule has 0 saturated carbocycles. The van der Waals surface area contributed by atoms with E-state index < -0.39 is 0 Å². The third-order valence-electron chi connectivity index (χ3n) is 3.94. The molecule has 2 amide bonds. The third-order valence-corrected chi connectivity index (χ3v) is 3.94. The van der Waals surface area contributed by atoms with Gasteiger partial charge in [-0.25, -0.2) is 0 Å². The van der Waals surface area contributed by atoms with E-state index in [-0.39, 0.29) is 17.9 Å². The number of carbonyl (C=O) groups is 2. The van der Waals surface area contributed by atoms with Gasteiger partial charge in [-0.05, 0) is 50.6 Å². The lowest BCUT2D eigenvalue weighted by atomic mass is 10.1. The van der Waals surface area contributed by atoms with E-state index in [9.17, 15) is 9.59 Å². The molecule has 27 heavy (non-hydrogen) atoms. The van der Waals surface area contributed by atoms with E-state index in [0.29, 0.717) is 29.2 Å². The van der Waals surface area contributed by atoms with Crippen LogP contribution in [0.5, 0.6) is 5.75 Å². The summed E-state index contributed by atoms with van der Waals surface area (Å²) in [7, 11) is 0. The number of rotatable bonds is 9. The summed E-state index contributed by atoms with van der Waals surface area (Å²) < 4.78 is 5.78. The second kappa shape index (κ2) is 10.4. The molecule has 0 saturated heterocycles. The van der Waals surface area contributed by atoms with Gasteiger partial charge in [-0.15, -0.1) is 0 Å². The first-order chi connectivity index (χ1) is 13.0. The van der Waals surface area contributed by atoms with E-state index in [2.05, 4.69) is 17.6 Å². The van der Waals surface area contributed by atoms with Gasteiger partial charge in [0, 0.05) is 17.3 Å². The first-order valence-electron chi connectivity index (χ1n) is 9.45. The van der Waals surface area contributed by atoms with Gasteiger partial charge in [0.1, 0.15) is 5.75 Å². The molecule has 0 unspecified atom stereocenters. The Morgan fingerprint density at radius 3 is 2.52 bits per heavy atom. The summed E-state index contributed by atoms with van der Waals surface area (Å²) >= 11 is 0. The predicted octanol–water partition coefficient (Wildman–Crippen LogP) is 4.65. The molecule has 0 aliphatic rings. The second-order valence-electron chi connectivity index (χ2n) is 6.71. The van der Waals surface area contributed by atoms with E-state index >= 15 is 0 Å². The van der Waals surface area contributed by atoms with Crippen molar-refractivity contribution >= 4 is 17.5 Å². The Morgan fingerprint density at radius 1 is 1.00 bits per heavy atom. The van der Waals surface area contributed by atoms with Crippen molar-refractivity contribution in [1.29, 1.82) is 0 Å². The molecule has 0 radical (unpaired) electrons. The monoisotopic (exact) mass is 368 g/mol. The van der Waals surface area contributed by atoms with Gasteiger partial charge >= 0.3 is 0 Å². The van der Waals surface area contributed by atoms with Gasteiger partial charge in [-0.2, -0.15) is 0 Å². The van der Waals surface area contributed by atoms with Crippen molar-refractivity contribution in [2.24, 2.45) is 0 Å². The number of para-hydroxylation sites is 1. The van der Waals surface area contributed by atoms with Gasteiger partial charge < -0.3 is 15.4 Å². The van der Waals surface area contributed by atoms with Gasteiger partial charge in [-0.3, -0.25) is 9.59 Å². The average Bonchev–Trinajstić information content (AvgIpc) is 2.65. The number of unbranched alkanes of at least 4 members (excludes halogenated alkanes) is 2. The standard InChI is InChI=1S/C22H28N2O3/c1-4-5-8-14-27-20-13-7-6-12-19(20)22(26)24-18-11-9-10-17(15-18)21(25)23-16(2)3/h6-7,9-13,15-16H,4-5,8,14H2,1-3H3,(H,23,25)(H,24,26). The largest absolute Gasteiger partial charge is 0.493 e. The number of benzene rings is 2. The molecule has 0 bridgehead atoms. The minimum absolute atomic E-state index is 0.0486. The molecule has 0 atom stereocenters. The Bertz CT molecular complexity index is 772. The summed E-state index contributed by atoms with van der Waals surface area (Å²) in [5.41, 5.74) is 1.55. The highest BCUT2D eigenvalue weighted by molar-refractivity contribution is 6.06. The quantitative estimate of drug-likeness (QED) is 0.633. The normalized spacial score (nSPS) is 10.5. The van der Waals surface area contributed by atoms with E-state index in [1.807, 2.05) is 19.9 Å². The summed E-state index contributed by atoms with van der Waals surface area (Å²) in [5.74, 6) is 0.142. The van der Waals surface area contributed by atoms with E-state index in [0.717, 1.165) is 19.3 Å². The van der Waals surface area contributed by atoms with Crippen molar-refractivity contribution in [2.75, 3.05) is 11.9 Å². The fourth-order valence-corrected chi connectivity index (χ4v) is 2.60. The van der Waals surface area contributed by atoms with Crippen molar-refractivity contribution in [3.8, 4) is 5.75 Å². The van der Waals surface area contributed by atoms with E-state index in [1.54, 1.807) is 42.5 Å². The fourth-order valence-electron chi connectivity index (χ4n) is 2.60. The Balaban J connectivity index is 2.08. The SMILES string of the molecule is CCCCCOc1ccccc1C(=O)Nc1cccc(C(=O)NC(C)C)c1. The molecule has 0 spiro atoms. The lowest BCUT2D eigenvalue weighted by molar-refractivity contribution is 0.0941. The van der Waals surface area contributed by atoms with Crippen LogP contribution in [0, 0.1) is 0 Å². The first kappa shape index (κ1) is 20.5. The summed E-state index contributed by atoms with van der Waals surface area (Å²) in [6, 6.07) is 14.1. The van der Waals surface area contributed by atoms with Gasteiger partial charge in [0.05, 0.1) is 12.2 Å². The van der Waals surface area contributed by atoms with Crippen LogP contribution in [-0.2, 0) is 0 Å². The number of ether oxygens (including phenoxy) is 1. The van der Waals surface area contributed by atoms with Crippen LogP contribution in [0.1, 0.15) is 60.7 Å². The zero-order valence-corrected chi connectivity index (χ0v) is 16.2. The number of nitrogens with one attached hydrogen (secondary N) is 2. The molecule has 2 rings (SSSR count). The van der Waals surface area contributed by atoms with Crippen LogP contribution in [0.15, 0.2) is 48.5 Å². The van der Waals surface area contributed by atoms with Crippen molar-refractivity contribution in [2.45, 2.75) is 46.1 Å². The minimum atomic E-state index is -0.262. The summed E-state index contributed by atoms with van der Waals surface area (Å²) in [4.78, 5) is 24.8. The molecule has 5 heteroatoms. The molecule has 0 aromatic heterocycles. The molecule has 5 nitrogen and oxygen atoms in total. The molecular weight excluding hydrogens is 340 g/mol. The average molecular weight is 368 g/mol. The maximum absolute atomic E-state index is 12.7. The maximum atomic E-state index is 12.7. The third kappa shape index (κ3) is 6.44. The molecule has 0 heterocycles. The first-order valence-corrected chi connectivity index (χ1v) is 9.45. The molecule has 0 aliphatic carbocycles. The smallest absolute Gasteiger partial charge is 0.259 e. The van der Waals surface area contributed by atoms with Crippen LogP contribution in [0.3, 0.4) is 0 Å². The minimum Gasteiger partial charge on any atom is -0.493 e. The Labute approximate surface area is 161 Å². The number of carbonyl (C=O) groups excluding carboxylic acids is 2. The molecule has 0 aliphatic heterocycles. The fraction of sp³-hybridized carbons (Fsp3) is 0.364. The second-order valence-corrected chi connectivity index (χ2v) is 6.71. The Hall–Kier alpha value is -2.82. The van der Waals surface area contributed by atoms with Crippen LogP contribution in [-0.4, -0.2) is 24.5 Å². The number of hydrogen-bond donors (Lipinski definition) is 2. The molecule has 0 fully saturated rings. The number of hydrogen-bond acceptors (Lipinski definition) is 3. The number of anilines is 1. The van der Waals surface area contributed by atoms with Crippen molar-refractivity contribution in [1.82, 2.24) is 5.32 Å². The van der Waals surface area contributed by atoms with Crippen LogP contribution < -0.4 is 15.4 Å². The highest BCUT2D eigenvalue weighted by Gasteiger charge is 2.14. The van der Waals surface area contributed by atoms with Crippen LogP contribution >= 0.6 is 0 Å². The highest BCUT2D eigenvalue weighted by Crippen LogP contribution is 2.21. The predicted molar refractivity (Wildman–Crippen MR) is 108 cm³/mol. The van der Waals surface area contributed by atoms with E-state index in [4.69, 9.17) is 4.74 Å². The van der Waals surface area contributed by atoms with Gasteiger partial charge in [0.2, 0.25) is 0 Å². The zero-order valence-electron chi connectivity index (χ0n) is 16.2. The summed E-state index contributed by atoms with van der Waals surface area (Å²) in [6.45, 7) is 6.53. The Kier molecular flexibility index (Phi) is 7.86. The molecule has 2 aromatic carbocycles. The van der Waals surface area contributed by atoms with Gasteiger partial charge in [-0.1, -0.05) is 38.0 Å². The maximum Gasteiger partial charge on any atom is 0.259 e. The van der Waals surface area contributed by atoms with Gasteiger partial charge in [0.15, 0.2) is 0 Å². The van der Waals surface area contributed by atoms with Crippen molar-refractivity contribution in [3.05, 3.63) is 59.7 Å². The van der Waals surface area contributed by atoms with Crippen molar-refractivity contribution in [3.63, 3.8) is 0 Å². The molecular formula is C22H28N2O3. The summed E-state index contributed by atoms with van der Waals surface area (Å²) in [5, 5.41) is 5.69. The summed E-state index contributed by atoms with van der Waals surface area (Å²) in [6.07, 6.45) is 3.17. The van der Waals surface area contributed by atoms with Crippen LogP contribution in [0.4, 0.5) is 5.69 Å². The Morgan fingerprint density at radius 2 is 1.78 bits per heavy atom. The highest BCUT2D eigenvalue weighted by atomic mass is 16.5. The van der Waals surface area contributed by atoms with Crippen molar-refractivity contribution < 1.29 is 14.3 Å². The molecule has 2 aromatic rings. The molecule has 2 N–H and O–H groups in total. The van der Waals surface area contributed by atoms with Gasteiger partial charge in [0.25, 0.3) is 11.8 Å².